The number of nitrogens with zero attached hydrogens (tertiary/aromatic N) is 2. The minimum absolute atomic E-state index is 0.0504. The maximum atomic E-state index is 11.4. The molecule has 6 nitrogen and oxygen atoms in total. The summed E-state index contributed by atoms with van der Waals surface area (Å²) in [5, 5.41) is 14.6. The fourth-order valence-electron chi connectivity index (χ4n) is 2.76. The van der Waals surface area contributed by atoms with Crippen molar-refractivity contribution in [2.24, 2.45) is 5.73 Å². The lowest BCUT2D eigenvalue weighted by Crippen LogP contribution is -2.42. The summed E-state index contributed by atoms with van der Waals surface area (Å²) < 4.78 is 0.829. The number of nitro benzene ring substituents is 1. The van der Waals surface area contributed by atoms with Crippen LogP contribution in [0.4, 0.5) is 11.4 Å². The van der Waals surface area contributed by atoms with Crippen molar-refractivity contribution in [3.05, 3.63) is 27.8 Å². The van der Waals surface area contributed by atoms with Gasteiger partial charge in [0.25, 0.3) is 0 Å². The highest BCUT2D eigenvalue weighted by Gasteiger charge is 2.26. The largest absolute Gasteiger partial charge is 0.375 e. The average Bonchev–Trinajstić information content (AvgIpc) is 2.88. The second-order valence-electron chi connectivity index (χ2n) is 5.12. The third-order valence-corrected chi connectivity index (χ3v) is 4.61. The molecular weight excluding hydrogens is 276 g/mol. The van der Waals surface area contributed by atoms with Gasteiger partial charge in [0.2, 0.25) is 0 Å². The summed E-state index contributed by atoms with van der Waals surface area (Å²) in [7, 11) is 0. The monoisotopic (exact) mass is 292 g/mol. The van der Waals surface area contributed by atoms with Gasteiger partial charge in [0.15, 0.2) is 5.52 Å². The molecular formula is C13H16N4O2S. The van der Waals surface area contributed by atoms with Gasteiger partial charge in [-0.15, -0.1) is 11.3 Å². The Morgan fingerprint density at radius 1 is 1.40 bits per heavy atom. The van der Waals surface area contributed by atoms with Crippen molar-refractivity contribution in [1.29, 1.82) is 0 Å². The van der Waals surface area contributed by atoms with Gasteiger partial charge in [-0.1, -0.05) is 12.8 Å². The molecule has 0 spiro atoms. The molecule has 0 amide bonds. The number of nitro groups is 1. The minimum Gasteiger partial charge on any atom is -0.375 e. The van der Waals surface area contributed by atoms with Gasteiger partial charge in [-0.3, -0.25) is 10.1 Å². The number of hydrogen-bond acceptors (Lipinski definition) is 6. The molecule has 1 saturated carbocycles. The average molecular weight is 292 g/mol. The Balaban J connectivity index is 1.97. The number of nitrogens with two attached hydrogens (primary N) is 1. The van der Waals surface area contributed by atoms with Gasteiger partial charge < -0.3 is 11.1 Å². The summed E-state index contributed by atoms with van der Waals surface area (Å²) in [6.45, 7) is 0. The summed E-state index contributed by atoms with van der Waals surface area (Å²) in [5.41, 5.74) is 8.77. The molecule has 1 aromatic carbocycles. The zero-order valence-electron chi connectivity index (χ0n) is 10.9. The summed E-state index contributed by atoms with van der Waals surface area (Å²) in [4.78, 5) is 15.1. The van der Waals surface area contributed by atoms with E-state index in [1.165, 1.54) is 11.3 Å². The van der Waals surface area contributed by atoms with Crippen LogP contribution in [-0.2, 0) is 0 Å². The molecule has 2 unspecified atom stereocenters. The molecule has 106 valence electrons. The van der Waals surface area contributed by atoms with Crippen LogP contribution in [0.15, 0.2) is 17.6 Å². The van der Waals surface area contributed by atoms with Gasteiger partial charge in [0, 0.05) is 12.1 Å². The molecule has 0 bridgehead atoms. The van der Waals surface area contributed by atoms with Crippen LogP contribution in [0.5, 0.6) is 0 Å². The predicted octanol–water partition coefficient (Wildman–Crippen LogP) is 2.89. The Labute approximate surface area is 120 Å². The molecule has 7 heteroatoms. The third-order valence-electron chi connectivity index (χ3n) is 3.82. The van der Waals surface area contributed by atoms with Crippen LogP contribution in [0, 0.1) is 10.1 Å². The van der Waals surface area contributed by atoms with Gasteiger partial charge in [0.05, 0.1) is 15.1 Å². The molecule has 0 saturated heterocycles. The third kappa shape index (κ3) is 2.34. The van der Waals surface area contributed by atoms with Crippen molar-refractivity contribution < 1.29 is 4.92 Å². The first-order valence-corrected chi connectivity index (χ1v) is 7.57. The van der Waals surface area contributed by atoms with E-state index in [2.05, 4.69) is 10.3 Å². The normalized spacial score (nSPS) is 22.9. The fraction of sp³-hybridized carbons (Fsp3) is 0.462. The van der Waals surface area contributed by atoms with E-state index in [0.29, 0.717) is 11.2 Å². The minimum atomic E-state index is -0.362. The number of hydrogen-bond donors (Lipinski definition) is 2. The van der Waals surface area contributed by atoms with Crippen molar-refractivity contribution >= 4 is 32.9 Å². The van der Waals surface area contributed by atoms with E-state index in [0.717, 1.165) is 30.4 Å². The van der Waals surface area contributed by atoms with Crippen molar-refractivity contribution in [2.75, 3.05) is 5.32 Å². The fourth-order valence-corrected chi connectivity index (χ4v) is 3.44. The first-order valence-electron chi connectivity index (χ1n) is 6.69. The van der Waals surface area contributed by atoms with Crippen LogP contribution in [0.2, 0.25) is 0 Å². The second-order valence-corrected chi connectivity index (χ2v) is 6.00. The standard InChI is InChI=1S/C13H16N4O2S/c14-8-3-1-2-4-9(8)16-10-5-6-11-12(15-7-20-11)13(10)17(18)19/h5-9,16H,1-4,14H2. The lowest BCUT2D eigenvalue weighted by molar-refractivity contribution is -0.382. The molecule has 3 N–H and O–H groups in total. The Kier molecular flexibility index (Phi) is 3.54. The first kappa shape index (κ1) is 13.3. The van der Waals surface area contributed by atoms with Crippen LogP contribution in [0.1, 0.15) is 25.7 Å². The maximum absolute atomic E-state index is 11.4. The highest BCUT2D eigenvalue weighted by atomic mass is 32.1. The molecule has 2 aromatic rings. The van der Waals surface area contributed by atoms with Crippen LogP contribution >= 0.6 is 11.3 Å². The molecule has 1 aliphatic rings. The van der Waals surface area contributed by atoms with Crippen LogP contribution in [0.3, 0.4) is 0 Å². The number of benzene rings is 1. The quantitative estimate of drug-likeness (QED) is 0.670. The summed E-state index contributed by atoms with van der Waals surface area (Å²) in [6, 6.07) is 3.78. The number of fused-ring (bicyclic) bond motifs is 1. The van der Waals surface area contributed by atoms with E-state index >= 15 is 0 Å². The van der Waals surface area contributed by atoms with E-state index in [9.17, 15) is 10.1 Å². The number of thiazole rings is 1. The van der Waals surface area contributed by atoms with Crippen LogP contribution in [-0.4, -0.2) is 22.0 Å². The number of nitrogens with one attached hydrogen (secondary N) is 1. The topological polar surface area (TPSA) is 94.1 Å². The zero-order chi connectivity index (χ0) is 14.1. The summed E-state index contributed by atoms with van der Waals surface area (Å²) in [5.74, 6) is 0. The van der Waals surface area contributed by atoms with Gasteiger partial charge in [-0.2, -0.15) is 0 Å². The van der Waals surface area contributed by atoms with E-state index in [4.69, 9.17) is 5.73 Å². The Hall–Kier alpha value is -1.73. The maximum Gasteiger partial charge on any atom is 0.319 e. The summed E-state index contributed by atoms with van der Waals surface area (Å²) in [6.07, 6.45) is 4.16. The molecule has 20 heavy (non-hydrogen) atoms. The highest BCUT2D eigenvalue weighted by molar-refractivity contribution is 7.16. The second kappa shape index (κ2) is 5.34. The smallest absolute Gasteiger partial charge is 0.319 e. The van der Waals surface area contributed by atoms with Gasteiger partial charge in [-0.05, 0) is 25.0 Å². The Morgan fingerprint density at radius 2 is 2.20 bits per heavy atom. The predicted molar refractivity (Wildman–Crippen MR) is 80.1 cm³/mol. The molecule has 1 aromatic heterocycles. The number of aromatic nitrogens is 1. The molecule has 1 fully saturated rings. The summed E-state index contributed by atoms with van der Waals surface area (Å²) >= 11 is 1.41. The SMILES string of the molecule is NC1CCCCC1Nc1ccc2scnc2c1[N+](=O)[O-]. The number of anilines is 1. The molecule has 0 aliphatic heterocycles. The van der Waals surface area contributed by atoms with Crippen molar-refractivity contribution in [3.63, 3.8) is 0 Å². The Bertz CT molecular complexity index is 642. The van der Waals surface area contributed by atoms with E-state index in [1.807, 2.05) is 6.07 Å². The van der Waals surface area contributed by atoms with Crippen molar-refractivity contribution in [3.8, 4) is 0 Å². The van der Waals surface area contributed by atoms with Crippen molar-refractivity contribution in [1.82, 2.24) is 4.98 Å². The van der Waals surface area contributed by atoms with Gasteiger partial charge in [0.1, 0.15) is 5.69 Å². The molecule has 0 radical (unpaired) electrons. The van der Waals surface area contributed by atoms with Gasteiger partial charge >= 0.3 is 5.69 Å². The molecule has 1 heterocycles. The van der Waals surface area contributed by atoms with Crippen LogP contribution < -0.4 is 11.1 Å². The van der Waals surface area contributed by atoms with Crippen LogP contribution in [0.25, 0.3) is 10.2 Å². The highest BCUT2D eigenvalue weighted by Crippen LogP contribution is 2.35. The number of rotatable bonds is 3. The molecule has 3 rings (SSSR count). The Morgan fingerprint density at radius 3 is 2.95 bits per heavy atom. The zero-order valence-corrected chi connectivity index (χ0v) is 11.7. The van der Waals surface area contributed by atoms with Crippen molar-refractivity contribution in [2.45, 2.75) is 37.8 Å². The van der Waals surface area contributed by atoms with E-state index < -0.39 is 0 Å². The first-order chi connectivity index (χ1) is 9.66. The lowest BCUT2D eigenvalue weighted by Gasteiger charge is -2.29. The lowest BCUT2D eigenvalue weighted by atomic mass is 9.91. The van der Waals surface area contributed by atoms with E-state index in [1.54, 1.807) is 11.6 Å². The van der Waals surface area contributed by atoms with Gasteiger partial charge in [-0.25, -0.2) is 4.98 Å². The molecule has 2 atom stereocenters. The molecule has 1 aliphatic carbocycles. The van der Waals surface area contributed by atoms with E-state index in [-0.39, 0.29) is 22.7 Å².